The maximum Gasteiger partial charge on any atom is 0.311 e. The number of ether oxygens (including phenoxy) is 2. The lowest BCUT2D eigenvalue weighted by molar-refractivity contribution is -0.385. The van der Waals surface area contributed by atoms with Crippen molar-refractivity contribution < 1.29 is 23.6 Å². The molecule has 1 heterocycles. The van der Waals surface area contributed by atoms with Crippen LogP contribution in [0.25, 0.3) is 0 Å². The maximum atomic E-state index is 11.7. The van der Waals surface area contributed by atoms with Gasteiger partial charge in [0, 0.05) is 6.07 Å². The lowest BCUT2D eigenvalue weighted by atomic mass is 10.2. The number of methoxy groups -OCH3 is 1. The molecule has 2 aromatic carbocycles. The van der Waals surface area contributed by atoms with Crippen molar-refractivity contribution in [2.24, 2.45) is 5.10 Å². The van der Waals surface area contributed by atoms with Crippen molar-refractivity contribution in [3.05, 3.63) is 82.3 Å². The molecule has 0 bridgehead atoms. The zero-order valence-electron chi connectivity index (χ0n) is 14.7. The number of hydrazone groups is 1. The van der Waals surface area contributed by atoms with Gasteiger partial charge in [0.25, 0.3) is 0 Å². The number of hydrogen-bond acceptors (Lipinski definition) is 7. The number of furan rings is 1. The summed E-state index contributed by atoms with van der Waals surface area (Å²) in [6.45, 7) is 0. The first-order chi connectivity index (χ1) is 13.6. The lowest BCUT2D eigenvalue weighted by Gasteiger charge is -2.11. The summed E-state index contributed by atoms with van der Waals surface area (Å²) in [7, 11) is 1.45. The molecule has 0 spiro atoms. The molecule has 9 nitrogen and oxygen atoms in total. The Morgan fingerprint density at radius 1 is 1.14 bits per heavy atom. The monoisotopic (exact) mass is 381 g/mol. The van der Waals surface area contributed by atoms with Crippen molar-refractivity contribution in [3.63, 3.8) is 0 Å². The second kappa shape index (κ2) is 8.49. The van der Waals surface area contributed by atoms with Crippen LogP contribution in [0, 0.1) is 10.1 Å². The number of amides is 1. The van der Waals surface area contributed by atoms with Crippen LogP contribution in [0.1, 0.15) is 16.1 Å². The molecule has 1 N–H and O–H groups in total. The van der Waals surface area contributed by atoms with Crippen molar-refractivity contribution >= 4 is 17.8 Å². The SMILES string of the molecule is COc1cc(/C=N\NC(=O)c2ccco2)ccc1Oc1ccccc1[N+](=O)[O-]. The van der Waals surface area contributed by atoms with Gasteiger partial charge in [0.15, 0.2) is 17.3 Å². The predicted octanol–water partition coefficient (Wildman–Crippen LogP) is 3.75. The maximum absolute atomic E-state index is 11.7. The number of nitro benzene ring substituents is 1. The number of nitrogens with one attached hydrogen (secondary N) is 1. The molecule has 142 valence electrons. The smallest absolute Gasteiger partial charge is 0.311 e. The molecule has 0 aliphatic heterocycles. The average Bonchev–Trinajstić information content (AvgIpc) is 3.24. The van der Waals surface area contributed by atoms with E-state index in [9.17, 15) is 14.9 Å². The molecule has 0 atom stereocenters. The number of nitro groups is 1. The van der Waals surface area contributed by atoms with Crippen LogP contribution in [0.5, 0.6) is 17.2 Å². The lowest BCUT2D eigenvalue weighted by Crippen LogP contribution is -2.16. The van der Waals surface area contributed by atoms with Crippen LogP contribution in [0.3, 0.4) is 0 Å². The van der Waals surface area contributed by atoms with E-state index in [2.05, 4.69) is 10.5 Å². The molecular formula is C19H15N3O6. The molecule has 0 aliphatic carbocycles. The van der Waals surface area contributed by atoms with Gasteiger partial charge in [-0.1, -0.05) is 12.1 Å². The second-order valence-electron chi connectivity index (χ2n) is 5.41. The largest absolute Gasteiger partial charge is 0.493 e. The second-order valence-corrected chi connectivity index (χ2v) is 5.41. The van der Waals surface area contributed by atoms with E-state index in [0.29, 0.717) is 17.1 Å². The van der Waals surface area contributed by atoms with Gasteiger partial charge in [-0.2, -0.15) is 5.10 Å². The van der Waals surface area contributed by atoms with Crippen LogP contribution in [0.4, 0.5) is 5.69 Å². The highest BCUT2D eigenvalue weighted by Gasteiger charge is 2.16. The summed E-state index contributed by atoms with van der Waals surface area (Å²) in [5.74, 6) is 0.401. The summed E-state index contributed by atoms with van der Waals surface area (Å²) in [5.41, 5.74) is 2.80. The summed E-state index contributed by atoms with van der Waals surface area (Å²) < 4.78 is 15.9. The highest BCUT2D eigenvalue weighted by atomic mass is 16.6. The summed E-state index contributed by atoms with van der Waals surface area (Å²) in [4.78, 5) is 22.3. The summed E-state index contributed by atoms with van der Waals surface area (Å²) in [5, 5.41) is 15.0. The normalized spacial score (nSPS) is 10.6. The fraction of sp³-hybridized carbons (Fsp3) is 0.0526. The number of carbonyl (C=O) groups is 1. The van der Waals surface area contributed by atoms with E-state index in [1.54, 1.807) is 36.4 Å². The van der Waals surface area contributed by atoms with Gasteiger partial charge in [0.05, 0.1) is 24.5 Å². The molecule has 1 aromatic heterocycles. The Balaban J connectivity index is 1.75. The highest BCUT2D eigenvalue weighted by Crippen LogP contribution is 2.36. The molecule has 1 amide bonds. The number of benzene rings is 2. The molecule has 0 saturated heterocycles. The van der Waals surface area contributed by atoms with E-state index in [1.165, 1.54) is 37.8 Å². The first kappa shape index (κ1) is 18.6. The standard InChI is InChI=1S/C19H15N3O6/c1-26-18-11-13(12-20-21-19(23)17-7-4-10-27-17)8-9-16(18)28-15-6-3-2-5-14(15)22(24)25/h2-12H,1H3,(H,21,23)/b20-12-. The van der Waals surface area contributed by atoms with E-state index in [-0.39, 0.29) is 17.2 Å². The van der Waals surface area contributed by atoms with Crippen LogP contribution < -0.4 is 14.9 Å². The van der Waals surface area contributed by atoms with Crippen molar-refractivity contribution in [1.29, 1.82) is 0 Å². The molecule has 0 saturated carbocycles. The quantitative estimate of drug-likeness (QED) is 0.378. The van der Waals surface area contributed by atoms with Crippen LogP contribution in [-0.4, -0.2) is 24.2 Å². The van der Waals surface area contributed by atoms with Gasteiger partial charge in [-0.15, -0.1) is 0 Å². The third kappa shape index (κ3) is 4.33. The van der Waals surface area contributed by atoms with Gasteiger partial charge in [-0.3, -0.25) is 14.9 Å². The molecule has 3 aromatic rings. The molecule has 9 heteroatoms. The van der Waals surface area contributed by atoms with Crippen LogP contribution in [-0.2, 0) is 0 Å². The molecule has 0 fully saturated rings. The predicted molar refractivity (Wildman–Crippen MR) is 99.9 cm³/mol. The number of para-hydroxylation sites is 2. The summed E-state index contributed by atoms with van der Waals surface area (Å²) in [6.07, 6.45) is 2.80. The minimum Gasteiger partial charge on any atom is -0.493 e. The molecule has 28 heavy (non-hydrogen) atoms. The zero-order chi connectivity index (χ0) is 19.9. The van der Waals surface area contributed by atoms with Crippen LogP contribution >= 0.6 is 0 Å². The van der Waals surface area contributed by atoms with Gasteiger partial charge in [0.1, 0.15) is 0 Å². The van der Waals surface area contributed by atoms with Gasteiger partial charge in [-0.05, 0) is 42.0 Å². The number of hydrogen-bond donors (Lipinski definition) is 1. The molecule has 0 unspecified atom stereocenters. The van der Waals surface area contributed by atoms with Gasteiger partial charge < -0.3 is 13.9 Å². The summed E-state index contributed by atoms with van der Waals surface area (Å²) >= 11 is 0. The Bertz CT molecular complexity index is 1010. The highest BCUT2D eigenvalue weighted by molar-refractivity contribution is 5.92. The van der Waals surface area contributed by atoms with Crippen LogP contribution in [0.2, 0.25) is 0 Å². The van der Waals surface area contributed by atoms with Crippen molar-refractivity contribution in [1.82, 2.24) is 5.43 Å². The zero-order valence-corrected chi connectivity index (χ0v) is 14.7. The van der Waals surface area contributed by atoms with Gasteiger partial charge in [-0.25, -0.2) is 5.43 Å². The van der Waals surface area contributed by atoms with E-state index in [4.69, 9.17) is 13.9 Å². The average molecular weight is 381 g/mol. The minimum absolute atomic E-state index is 0.0953. The molecule has 3 rings (SSSR count). The number of carbonyl (C=O) groups excluding carboxylic acids is 1. The van der Waals surface area contributed by atoms with E-state index in [0.717, 1.165) is 0 Å². The van der Waals surface area contributed by atoms with E-state index in [1.807, 2.05) is 0 Å². The third-order valence-electron chi connectivity index (χ3n) is 3.59. The van der Waals surface area contributed by atoms with E-state index >= 15 is 0 Å². The Labute approximate surface area is 159 Å². The van der Waals surface area contributed by atoms with Crippen molar-refractivity contribution in [2.75, 3.05) is 7.11 Å². The molecule has 0 aliphatic rings. The number of rotatable bonds is 7. The number of nitrogens with zero attached hydrogens (tertiary/aromatic N) is 2. The topological polar surface area (TPSA) is 116 Å². The summed E-state index contributed by atoms with van der Waals surface area (Å²) in [6, 6.07) is 14.0. The van der Waals surface area contributed by atoms with Crippen molar-refractivity contribution in [2.45, 2.75) is 0 Å². The van der Waals surface area contributed by atoms with Crippen LogP contribution in [0.15, 0.2) is 70.4 Å². The van der Waals surface area contributed by atoms with Gasteiger partial charge >= 0.3 is 11.6 Å². The Morgan fingerprint density at radius 3 is 2.68 bits per heavy atom. The fourth-order valence-corrected chi connectivity index (χ4v) is 2.29. The van der Waals surface area contributed by atoms with Crippen molar-refractivity contribution in [3.8, 4) is 17.2 Å². The Kier molecular flexibility index (Phi) is 5.66. The third-order valence-corrected chi connectivity index (χ3v) is 3.59. The first-order valence-corrected chi connectivity index (χ1v) is 8.04. The molecule has 0 radical (unpaired) electrons. The minimum atomic E-state index is -0.523. The first-order valence-electron chi connectivity index (χ1n) is 8.04. The fourth-order valence-electron chi connectivity index (χ4n) is 2.29. The van der Waals surface area contributed by atoms with E-state index < -0.39 is 10.8 Å². The van der Waals surface area contributed by atoms with Gasteiger partial charge in [0.2, 0.25) is 5.75 Å². The Hall–Kier alpha value is -4.14. The molecular weight excluding hydrogens is 366 g/mol. The Morgan fingerprint density at radius 2 is 1.96 bits per heavy atom.